The maximum absolute atomic E-state index is 11.4. The van der Waals surface area contributed by atoms with E-state index in [1.54, 1.807) is 13.1 Å². The third kappa shape index (κ3) is 1.83. The van der Waals surface area contributed by atoms with Crippen molar-refractivity contribution in [2.75, 3.05) is 12.8 Å². The molecule has 0 atom stereocenters. The van der Waals surface area contributed by atoms with E-state index in [2.05, 4.69) is 21.2 Å². The van der Waals surface area contributed by atoms with E-state index in [4.69, 9.17) is 5.73 Å². The molecule has 0 unspecified atom stereocenters. The maximum Gasteiger partial charge on any atom is 0.253 e. The molecular formula is C9H11BrN2O. The number of amides is 1. The van der Waals surface area contributed by atoms with E-state index in [1.807, 2.05) is 13.0 Å². The van der Waals surface area contributed by atoms with Gasteiger partial charge in [0.15, 0.2) is 0 Å². The quantitative estimate of drug-likeness (QED) is 0.737. The number of rotatable bonds is 1. The van der Waals surface area contributed by atoms with Crippen LogP contribution in [0.5, 0.6) is 0 Å². The molecule has 3 N–H and O–H groups in total. The second kappa shape index (κ2) is 3.79. The summed E-state index contributed by atoms with van der Waals surface area (Å²) >= 11 is 3.34. The van der Waals surface area contributed by atoms with Crippen LogP contribution < -0.4 is 11.1 Å². The highest BCUT2D eigenvalue weighted by atomic mass is 79.9. The van der Waals surface area contributed by atoms with Gasteiger partial charge in [-0.15, -0.1) is 0 Å². The van der Waals surface area contributed by atoms with Gasteiger partial charge in [0.05, 0.1) is 5.56 Å². The molecule has 3 nitrogen and oxygen atoms in total. The van der Waals surface area contributed by atoms with Crippen LogP contribution in [-0.2, 0) is 0 Å². The van der Waals surface area contributed by atoms with Gasteiger partial charge in [0, 0.05) is 17.2 Å². The van der Waals surface area contributed by atoms with Crippen molar-refractivity contribution in [3.8, 4) is 0 Å². The van der Waals surface area contributed by atoms with Crippen LogP contribution in [0.3, 0.4) is 0 Å². The molecule has 1 rings (SSSR count). The summed E-state index contributed by atoms with van der Waals surface area (Å²) in [7, 11) is 1.59. The van der Waals surface area contributed by atoms with E-state index < -0.39 is 0 Å². The van der Waals surface area contributed by atoms with Gasteiger partial charge in [-0.2, -0.15) is 0 Å². The summed E-state index contributed by atoms with van der Waals surface area (Å²) in [5, 5.41) is 2.55. The number of carbonyl (C=O) groups is 1. The number of nitrogens with one attached hydrogen (secondary N) is 1. The molecule has 0 saturated carbocycles. The molecule has 4 heteroatoms. The molecule has 0 aromatic heterocycles. The lowest BCUT2D eigenvalue weighted by molar-refractivity contribution is 0.0963. The molecular weight excluding hydrogens is 232 g/mol. The second-order valence-corrected chi connectivity index (χ2v) is 3.57. The molecule has 0 aliphatic carbocycles. The van der Waals surface area contributed by atoms with E-state index >= 15 is 0 Å². The zero-order valence-electron chi connectivity index (χ0n) is 7.52. The van der Waals surface area contributed by atoms with Crippen molar-refractivity contribution in [1.82, 2.24) is 5.32 Å². The van der Waals surface area contributed by atoms with Crippen LogP contribution in [0.4, 0.5) is 5.69 Å². The monoisotopic (exact) mass is 242 g/mol. The Bertz CT molecular complexity index is 350. The third-order valence-electron chi connectivity index (χ3n) is 1.89. The van der Waals surface area contributed by atoms with Gasteiger partial charge in [0.25, 0.3) is 5.91 Å². The SMILES string of the molecule is CNC(=O)c1c(N)ccc(Br)c1C. The molecule has 0 aliphatic rings. The smallest absolute Gasteiger partial charge is 0.253 e. The highest BCUT2D eigenvalue weighted by Gasteiger charge is 2.12. The molecule has 1 aromatic rings. The number of nitrogen functional groups attached to an aromatic ring is 1. The lowest BCUT2D eigenvalue weighted by atomic mass is 10.1. The highest BCUT2D eigenvalue weighted by Crippen LogP contribution is 2.24. The molecule has 13 heavy (non-hydrogen) atoms. The lowest BCUT2D eigenvalue weighted by Crippen LogP contribution is -2.20. The van der Waals surface area contributed by atoms with Gasteiger partial charge in [0.1, 0.15) is 0 Å². The maximum atomic E-state index is 11.4. The Labute approximate surface area is 85.4 Å². The highest BCUT2D eigenvalue weighted by molar-refractivity contribution is 9.10. The minimum absolute atomic E-state index is 0.156. The molecule has 1 aromatic carbocycles. The zero-order valence-corrected chi connectivity index (χ0v) is 9.10. The first-order chi connectivity index (χ1) is 6.07. The molecule has 0 saturated heterocycles. The third-order valence-corrected chi connectivity index (χ3v) is 2.74. The zero-order chi connectivity index (χ0) is 10.0. The van der Waals surface area contributed by atoms with Gasteiger partial charge in [-0.05, 0) is 24.6 Å². The Balaban J connectivity index is 3.33. The number of hydrogen-bond donors (Lipinski definition) is 2. The number of hydrogen-bond acceptors (Lipinski definition) is 2. The predicted octanol–water partition coefficient (Wildman–Crippen LogP) is 1.70. The molecule has 0 heterocycles. The summed E-state index contributed by atoms with van der Waals surface area (Å²) in [6, 6.07) is 3.54. The number of benzene rings is 1. The largest absolute Gasteiger partial charge is 0.398 e. The van der Waals surface area contributed by atoms with Crippen LogP contribution in [0.2, 0.25) is 0 Å². The molecule has 0 spiro atoms. The Morgan fingerprint density at radius 2 is 2.15 bits per heavy atom. The van der Waals surface area contributed by atoms with Crippen LogP contribution in [0, 0.1) is 6.92 Å². The van der Waals surface area contributed by atoms with Gasteiger partial charge < -0.3 is 11.1 Å². The Hall–Kier alpha value is -1.03. The van der Waals surface area contributed by atoms with Crippen molar-refractivity contribution in [3.63, 3.8) is 0 Å². The van der Waals surface area contributed by atoms with Crippen molar-refractivity contribution in [2.24, 2.45) is 0 Å². The van der Waals surface area contributed by atoms with E-state index in [1.165, 1.54) is 0 Å². The molecule has 70 valence electrons. The number of nitrogens with two attached hydrogens (primary N) is 1. The van der Waals surface area contributed by atoms with Gasteiger partial charge in [-0.3, -0.25) is 4.79 Å². The Morgan fingerprint density at radius 3 is 2.69 bits per heavy atom. The summed E-state index contributed by atoms with van der Waals surface area (Å²) in [6.07, 6.45) is 0. The summed E-state index contributed by atoms with van der Waals surface area (Å²) in [5.41, 5.74) is 7.58. The Morgan fingerprint density at radius 1 is 1.54 bits per heavy atom. The fourth-order valence-electron chi connectivity index (χ4n) is 1.13. The van der Waals surface area contributed by atoms with Crippen LogP contribution in [0.15, 0.2) is 16.6 Å². The standard InChI is InChI=1S/C9H11BrN2O/c1-5-6(10)3-4-7(11)8(5)9(13)12-2/h3-4H,11H2,1-2H3,(H,12,13). The normalized spacial score (nSPS) is 9.77. The Kier molecular flexibility index (Phi) is 2.93. The first-order valence-corrected chi connectivity index (χ1v) is 4.64. The average Bonchev–Trinajstić information content (AvgIpc) is 2.12. The predicted molar refractivity (Wildman–Crippen MR) is 56.7 cm³/mol. The summed E-state index contributed by atoms with van der Waals surface area (Å²) in [6.45, 7) is 1.85. The summed E-state index contributed by atoms with van der Waals surface area (Å²) in [4.78, 5) is 11.4. The number of anilines is 1. The second-order valence-electron chi connectivity index (χ2n) is 2.72. The summed E-state index contributed by atoms with van der Waals surface area (Å²) in [5.74, 6) is -0.156. The topological polar surface area (TPSA) is 55.1 Å². The van der Waals surface area contributed by atoms with Crippen LogP contribution in [0.25, 0.3) is 0 Å². The minimum Gasteiger partial charge on any atom is -0.398 e. The van der Waals surface area contributed by atoms with E-state index in [-0.39, 0.29) is 5.91 Å². The van der Waals surface area contributed by atoms with Crippen molar-refractivity contribution in [1.29, 1.82) is 0 Å². The molecule has 0 bridgehead atoms. The number of halogens is 1. The van der Waals surface area contributed by atoms with Crippen LogP contribution in [0.1, 0.15) is 15.9 Å². The van der Waals surface area contributed by atoms with Gasteiger partial charge in [-0.1, -0.05) is 15.9 Å². The van der Waals surface area contributed by atoms with Crippen molar-refractivity contribution >= 4 is 27.5 Å². The first-order valence-electron chi connectivity index (χ1n) is 3.84. The molecule has 0 aliphatic heterocycles. The molecule has 0 radical (unpaired) electrons. The summed E-state index contributed by atoms with van der Waals surface area (Å²) < 4.78 is 0.889. The van der Waals surface area contributed by atoms with Gasteiger partial charge in [0.2, 0.25) is 0 Å². The average molecular weight is 243 g/mol. The molecule has 1 amide bonds. The van der Waals surface area contributed by atoms with Crippen LogP contribution >= 0.6 is 15.9 Å². The molecule has 0 fully saturated rings. The van der Waals surface area contributed by atoms with Crippen molar-refractivity contribution in [2.45, 2.75) is 6.92 Å². The van der Waals surface area contributed by atoms with E-state index in [0.717, 1.165) is 10.0 Å². The van der Waals surface area contributed by atoms with E-state index in [0.29, 0.717) is 11.3 Å². The van der Waals surface area contributed by atoms with Gasteiger partial charge in [-0.25, -0.2) is 0 Å². The van der Waals surface area contributed by atoms with Crippen LogP contribution in [-0.4, -0.2) is 13.0 Å². The van der Waals surface area contributed by atoms with Crippen molar-refractivity contribution in [3.05, 3.63) is 27.7 Å². The number of carbonyl (C=O) groups excluding carboxylic acids is 1. The van der Waals surface area contributed by atoms with E-state index in [9.17, 15) is 4.79 Å². The van der Waals surface area contributed by atoms with Crippen molar-refractivity contribution < 1.29 is 4.79 Å². The van der Waals surface area contributed by atoms with Gasteiger partial charge >= 0.3 is 0 Å². The minimum atomic E-state index is -0.156. The lowest BCUT2D eigenvalue weighted by Gasteiger charge is -2.09. The fourth-order valence-corrected chi connectivity index (χ4v) is 1.46. The fraction of sp³-hybridized carbons (Fsp3) is 0.222. The first kappa shape index (κ1) is 10.1.